The molecule has 0 spiro atoms. The molecular weight excluding hydrogens is 258 g/mol. The smallest absolute Gasteiger partial charge is 0.225 e. The first-order valence-electron chi connectivity index (χ1n) is 7.36. The van der Waals surface area contributed by atoms with Crippen LogP contribution < -0.4 is 5.32 Å². The zero-order valence-electron chi connectivity index (χ0n) is 13.0. The molecule has 0 saturated carbocycles. The molecule has 1 atom stereocenters. The predicted molar refractivity (Wildman–Crippen MR) is 86.9 cm³/mol. The lowest BCUT2D eigenvalue weighted by atomic mass is 9.93. The minimum absolute atomic E-state index is 0.000301. The number of rotatable bonds is 4. The maximum atomic E-state index is 12.3. The Bertz CT molecular complexity index is 570. The molecule has 2 aromatic rings. The topological polar surface area (TPSA) is 29.1 Å². The van der Waals surface area contributed by atoms with Crippen LogP contribution in [0.4, 0.5) is 0 Å². The standard InChI is InChI=1S/C19H23NO/c1-19(2,3)18(21)20-17(16-12-8-5-9-13-16)14-15-10-6-4-7-11-15/h4-13,17H,14H2,1-3H3,(H,20,21)/t17-/m1/s1. The first-order chi connectivity index (χ1) is 9.97. The van der Waals surface area contributed by atoms with E-state index in [0.29, 0.717) is 0 Å². The monoisotopic (exact) mass is 281 g/mol. The highest BCUT2D eigenvalue weighted by Gasteiger charge is 2.24. The van der Waals surface area contributed by atoms with Crippen LogP contribution in [0.5, 0.6) is 0 Å². The van der Waals surface area contributed by atoms with Gasteiger partial charge in [0.15, 0.2) is 0 Å². The quantitative estimate of drug-likeness (QED) is 0.897. The maximum absolute atomic E-state index is 12.3. The average molecular weight is 281 g/mol. The van der Waals surface area contributed by atoms with Crippen LogP contribution in [0.1, 0.15) is 37.9 Å². The second-order valence-corrected chi connectivity index (χ2v) is 6.38. The van der Waals surface area contributed by atoms with Crippen molar-refractivity contribution < 1.29 is 4.79 Å². The summed E-state index contributed by atoms with van der Waals surface area (Å²) in [5, 5.41) is 3.18. The van der Waals surface area contributed by atoms with Gasteiger partial charge in [-0.25, -0.2) is 0 Å². The van der Waals surface area contributed by atoms with Crippen molar-refractivity contribution in [1.29, 1.82) is 0 Å². The summed E-state index contributed by atoms with van der Waals surface area (Å²) in [6, 6.07) is 20.4. The fourth-order valence-corrected chi connectivity index (χ4v) is 2.16. The van der Waals surface area contributed by atoms with Crippen molar-refractivity contribution in [3.05, 3.63) is 71.8 Å². The van der Waals surface area contributed by atoms with Crippen LogP contribution in [0.15, 0.2) is 60.7 Å². The highest BCUT2D eigenvalue weighted by atomic mass is 16.2. The number of amides is 1. The van der Waals surface area contributed by atoms with Gasteiger partial charge in [-0.05, 0) is 17.5 Å². The van der Waals surface area contributed by atoms with Crippen LogP contribution in [0.2, 0.25) is 0 Å². The van der Waals surface area contributed by atoms with E-state index in [4.69, 9.17) is 0 Å². The summed E-state index contributed by atoms with van der Waals surface area (Å²) in [7, 11) is 0. The SMILES string of the molecule is CC(C)(C)C(=O)N[C@H](Cc1ccccc1)c1ccccc1. The molecular formula is C19H23NO. The molecule has 0 saturated heterocycles. The van der Waals surface area contributed by atoms with E-state index in [-0.39, 0.29) is 17.4 Å². The largest absolute Gasteiger partial charge is 0.349 e. The Morgan fingerprint density at radius 2 is 1.48 bits per heavy atom. The summed E-state index contributed by atoms with van der Waals surface area (Å²) in [4.78, 5) is 12.3. The molecule has 0 aromatic heterocycles. The number of carbonyl (C=O) groups excluding carboxylic acids is 1. The third-order valence-electron chi connectivity index (χ3n) is 3.47. The highest BCUT2D eigenvalue weighted by Crippen LogP contribution is 2.21. The summed E-state index contributed by atoms with van der Waals surface area (Å²) in [6.07, 6.45) is 0.798. The Hall–Kier alpha value is -2.09. The van der Waals surface area contributed by atoms with Gasteiger partial charge in [-0.2, -0.15) is 0 Å². The predicted octanol–water partition coefficient (Wildman–Crippen LogP) is 4.13. The molecule has 110 valence electrons. The minimum atomic E-state index is -0.385. The van der Waals surface area contributed by atoms with E-state index in [1.54, 1.807) is 0 Å². The number of benzene rings is 2. The van der Waals surface area contributed by atoms with Gasteiger partial charge in [-0.1, -0.05) is 81.4 Å². The van der Waals surface area contributed by atoms with E-state index >= 15 is 0 Å². The van der Waals surface area contributed by atoms with Crippen molar-refractivity contribution in [1.82, 2.24) is 5.32 Å². The zero-order valence-corrected chi connectivity index (χ0v) is 13.0. The van der Waals surface area contributed by atoms with E-state index < -0.39 is 0 Å². The molecule has 2 rings (SSSR count). The van der Waals surface area contributed by atoms with Crippen LogP contribution in [-0.4, -0.2) is 5.91 Å². The van der Waals surface area contributed by atoms with Crippen LogP contribution in [0.3, 0.4) is 0 Å². The number of hydrogen-bond donors (Lipinski definition) is 1. The Labute approximate surface area is 127 Å². The van der Waals surface area contributed by atoms with Gasteiger partial charge in [0, 0.05) is 5.41 Å². The van der Waals surface area contributed by atoms with Gasteiger partial charge in [0.05, 0.1) is 6.04 Å². The van der Waals surface area contributed by atoms with Gasteiger partial charge in [0.25, 0.3) is 0 Å². The van der Waals surface area contributed by atoms with Gasteiger partial charge in [-0.3, -0.25) is 4.79 Å². The second kappa shape index (κ2) is 6.57. The fraction of sp³-hybridized carbons (Fsp3) is 0.316. The molecule has 0 bridgehead atoms. The Kier molecular flexibility index (Phi) is 4.79. The summed E-state index contributed by atoms with van der Waals surface area (Å²) in [5.74, 6) is 0.0762. The lowest BCUT2D eigenvalue weighted by molar-refractivity contribution is -0.129. The molecule has 1 N–H and O–H groups in total. The van der Waals surface area contributed by atoms with Crippen molar-refractivity contribution >= 4 is 5.91 Å². The van der Waals surface area contributed by atoms with Gasteiger partial charge in [0.1, 0.15) is 0 Å². The number of hydrogen-bond acceptors (Lipinski definition) is 1. The molecule has 2 nitrogen and oxygen atoms in total. The van der Waals surface area contributed by atoms with Crippen LogP contribution in [0, 0.1) is 5.41 Å². The van der Waals surface area contributed by atoms with E-state index in [9.17, 15) is 4.79 Å². The molecule has 1 amide bonds. The van der Waals surface area contributed by atoms with E-state index in [2.05, 4.69) is 29.6 Å². The van der Waals surface area contributed by atoms with Crippen LogP contribution >= 0.6 is 0 Å². The maximum Gasteiger partial charge on any atom is 0.225 e. The molecule has 0 radical (unpaired) electrons. The summed E-state index contributed by atoms with van der Waals surface area (Å²) < 4.78 is 0. The summed E-state index contributed by atoms with van der Waals surface area (Å²) >= 11 is 0. The normalized spacial score (nSPS) is 12.7. The lowest BCUT2D eigenvalue weighted by Crippen LogP contribution is -2.38. The zero-order chi connectivity index (χ0) is 15.3. The number of carbonyl (C=O) groups is 1. The van der Waals surface area contributed by atoms with Gasteiger partial charge >= 0.3 is 0 Å². The third-order valence-corrected chi connectivity index (χ3v) is 3.47. The highest BCUT2D eigenvalue weighted by molar-refractivity contribution is 5.81. The Morgan fingerprint density at radius 1 is 0.952 bits per heavy atom. The average Bonchev–Trinajstić information content (AvgIpc) is 2.47. The molecule has 2 heteroatoms. The van der Waals surface area contributed by atoms with Crippen LogP contribution in [0.25, 0.3) is 0 Å². The molecule has 0 aliphatic rings. The molecule has 2 aromatic carbocycles. The third kappa shape index (κ3) is 4.45. The molecule has 0 aliphatic carbocycles. The van der Waals surface area contributed by atoms with E-state index in [1.807, 2.05) is 57.2 Å². The molecule has 0 unspecified atom stereocenters. The van der Waals surface area contributed by atoms with Gasteiger partial charge < -0.3 is 5.32 Å². The molecule has 0 aliphatic heterocycles. The van der Waals surface area contributed by atoms with Crippen molar-refractivity contribution in [2.24, 2.45) is 5.41 Å². The molecule has 21 heavy (non-hydrogen) atoms. The Morgan fingerprint density at radius 3 is 2.00 bits per heavy atom. The van der Waals surface area contributed by atoms with E-state index in [1.165, 1.54) is 5.56 Å². The van der Waals surface area contributed by atoms with Gasteiger partial charge in [-0.15, -0.1) is 0 Å². The van der Waals surface area contributed by atoms with Gasteiger partial charge in [0.2, 0.25) is 5.91 Å². The first kappa shape index (κ1) is 15.3. The van der Waals surface area contributed by atoms with Crippen molar-refractivity contribution in [3.63, 3.8) is 0 Å². The number of nitrogens with one attached hydrogen (secondary N) is 1. The molecule has 0 fully saturated rings. The minimum Gasteiger partial charge on any atom is -0.349 e. The van der Waals surface area contributed by atoms with Crippen LogP contribution in [-0.2, 0) is 11.2 Å². The Balaban J connectivity index is 2.21. The summed E-state index contributed by atoms with van der Waals surface area (Å²) in [5.41, 5.74) is 1.98. The lowest BCUT2D eigenvalue weighted by Gasteiger charge is -2.25. The summed E-state index contributed by atoms with van der Waals surface area (Å²) in [6.45, 7) is 5.81. The molecule has 0 heterocycles. The first-order valence-corrected chi connectivity index (χ1v) is 7.36. The van der Waals surface area contributed by atoms with Crippen molar-refractivity contribution in [3.8, 4) is 0 Å². The second-order valence-electron chi connectivity index (χ2n) is 6.38. The van der Waals surface area contributed by atoms with Crippen molar-refractivity contribution in [2.45, 2.75) is 33.2 Å². The fourth-order valence-electron chi connectivity index (χ4n) is 2.16. The van der Waals surface area contributed by atoms with Crippen molar-refractivity contribution in [2.75, 3.05) is 0 Å². The van der Waals surface area contributed by atoms with E-state index in [0.717, 1.165) is 12.0 Å².